The van der Waals surface area contributed by atoms with Crippen LogP contribution in [0.15, 0.2) is 60.8 Å². The zero-order valence-electron chi connectivity index (χ0n) is 24.5. The van der Waals surface area contributed by atoms with Gasteiger partial charge in [-0.3, -0.25) is 15.0 Å². The third-order valence-corrected chi connectivity index (χ3v) is 8.95. The topological polar surface area (TPSA) is 119 Å². The molecule has 1 fully saturated rings. The van der Waals surface area contributed by atoms with Crippen LogP contribution in [-0.4, -0.2) is 59.7 Å². The number of rotatable bonds is 9. The molecule has 1 unspecified atom stereocenters. The number of urea groups is 1. The van der Waals surface area contributed by atoms with E-state index in [1.807, 2.05) is 80.5 Å². The van der Waals surface area contributed by atoms with Gasteiger partial charge in [-0.25, -0.2) is 9.78 Å². The Bertz CT molecular complexity index is 1640. The van der Waals surface area contributed by atoms with Gasteiger partial charge in [0.25, 0.3) is 0 Å². The van der Waals surface area contributed by atoms with Crippen molar-refractivity contribution in [2.45, 2.75) is 50.9 Å². The fraction of sp³-hybridized carbons (Fsp3) is 0.344. The smallest absolute Gasteiger partial charge is 0.331 e. The third kappa shape index (κ3) is 6.21. The molecule has 2 aliphatic rings. The van der Waals surface area contributed by atoms with E-state index in [0.29, 0.717) is 28.5 Å². The summed E-state index contributed by atoms with van der Waals surface area (Å²) in [5.41, 5.74) is 2.89. The molecule has 0 bridgehead atoms. The number of benzene rings is 2. The molecule has 4 N–H and O–H groups in total. The first-order chi connectivity index (χ1) is 20.8. The summed E-state index contributed by atoms with van der Waals surface area (Å²) in [4.78, 5) is 35.3. The van der Waals surface area contributed by atoms with Gasteiger partial charge in [0.05, 0.1) is 33.9 Å². The van der Waals surface area contributed by atoms with Crippen LogP contribution in [0, 0.1) is 6.92 Å². The van der Waals surface area contributed by atoms with Crippen molar-refractivity contribution in [3.05, 3.63) is 71.2 Å². The Kier molecular flexibility index (Phi) is 8.31. The summed E-state index contributed by atoms with van der Waals surface area (Å²) >= 11 is 1.36. The molecule has 3 amide bonds. The Morgan fingerprint density at radius 3 is 2.70 bits per heavy atom. The minimum atomic E-state index is -0.994. The number of aliphatic hydroxyl groups is 1. The van der Waals surface area contributed by atoms with Crippen molar-refractivity contribution in [1.82, 2.24) is 20.5 Å². The van der Waals surface area contributed by atoms with Gasteiger partial charge in [0.1, 0.15) is 22.6 Å². The van der Waals surface area contributed by atoms with Gasteiger partial charge in [0.2, 0.25) is 5.91 Å². The molecule has 0 radical (unpaired) electrons. The zero-order chi connectivity index (χ0) is 30.1. The first kappa shape index (κ1) is 29.1. The lowest BCUT2D eigenvalue weighted by Crippen LogP contribution is -2.46. The van der Waals surface area contributed by atoms with Crippen LogP contribution in [0.4, 0.5) is 21.9 Å². The minimum Gasteiger partial charge on any atom is -0.457 e. The average molecular weight is 601 g/mol. The summed E-state index contributed by atoms with van der Waals surface area (Å²) < 4.78 is 5.99. The number of anilines is 3. The molecule has 2 aromatic carbocycles. The van der Waals surface area contributed by atoms with Crippen LogP contribution in [0.3, 0.4) is 0 Å². The van der Waals surface area contributed by atoms with Crippen molar-refractivity contribution >= 4 is 50.6 Å². The van der Waals surface area contributed by atoms with Crippen molar-refractivity contribution in [1.29, 1.82) is 0 Å². The van der Waals surface area contributed by atoms with Crippen molar-refractivity contribution in [2.75, 3.05) is 30.9 Å². The van der Waals surface area contributed by atoms with Crippen LogP contribution in [-0.2, 0) is 4.79 Å². The molecule has 6 rings (SSSR count). The standard InChI is InChI=1S/C32H36N6O4S/c1-19-16-23(42-22-10-5-4-6-11-22)12-13-24(19)38-25-14-15-33-31-27(25)28(36-32(38)41)29(43-31)30(40)35-21-9-7-8-20(17-21)34-26(39)18-37(2)3/h4-6,10-16,20-21,30,35,40H,7-9,17-18H2,1-3H3,(H,34,39)(H,36,41)/t20-,21-,30?/m0/s1. The van der Waals surface area contributed by atoms with Crippen LogP contribution in [0.1, 0.15) is 42.4 Å². The number of aryl methyl sites for hydroxylation is 1. The second kappa shape index (κ2) is 12.3. The van der Waals surface area contributed by atoms with Gasteiger partial charge in [-0.1, -0.05) is 18.2 Å². The summed E-state index contributed by atoms with van der Waals surface area (Å²) in [7, 11) is 3.74. The first-order valence-electron chi connectivity index (χ1n) is 14.5. The fourth-order valence-electron chi connectivity index (χ4n) is 5.94. The molecule has 1 aliphatic carbocycles. The fourth-order valence-corrected chi connectivity index (χ4v) is 7.00. The Labute approximate surface area is 254 Å². The van der Waals surface area contributed by atoms with Gasteiger partial charge < -0.3 is 25.4 Å². The molecule has 1 saturated carbocycles. The lowest BCUT2D eigenvalue weighted by atomic mass is 9.90. The zero-order valence-corrected chi connectivity index (χ0v) is 25.3. The van der Waals surface area contributed by atoms with Gasteiger partial charge in [-0.2, -0.15) is 0 Å². The summed E-state index contributed by atoms with van der Waals surface area (Å²) in [5, 5.41) is 21.7. The normalized spacial score (nSPS) is 18.9. The Balaban J connectivity index is 1.22. The average Bonchev–Trinajstić information content (AvgIpc) is 3.34. The molecule has 10 nitrogen and oxygen atoms in total. The Morgan fingerprint density at radius 2 is 1.93 bits per heavy atom. The van der Waals surface area contributed by atoms with E-state index < -0.39 is 6.23 Å². The highest BCUT2D eigenvalue weighted by molar-refractivity contribution is 7.19. The van der Waals surface area contributed by atoms with E-state index >= 15 is 0 Å². The van der Waals surface area contributed by atoms with E-state index in [0.717, 1.165) is 52.9 Å². The van der Waals surface area contributed by atoms with Gasteiger partial charge in [-0.15, -0.1) is 11.3 Å². The highest BCUT2D eigenvalue weighted by Gasteiger charge is 2.34. The number of nitrogens with one attached hydrogen (secondary N) is 3. The molecule has 4 aromatic rings. The molecule has 2 aromatic heterocycles. The maximum atomic E-state index is 13.6. The maximum Gasteiger partial charge on any atom is 0.331 e. The number of hydrogen-bond donors (Lipinski definition) is 4. The lowest BCUT2D eigenvalue weighted by molar-refractivity contribution is -0.122. The van der Waals surface area contributed by atoms with Crippen LogP contribution < -0.4 is 25.6 Å². The lowest BCUT2D eigenvalue weighted by Gasteiger charge is -2.33. The number of pyridine rings is 1. The molecular weight excluding hydrogens is 564 g/mol. The quantitative estimate of drug-likeness (QED) is 0.183. The number of ether oxygens (including phenoxy) is 1. The van der Waals surface area contributed by atoms with E-state index in [1.165, 1.54) is 11.3 Å². The first-order valence-corrected chi connectivity index (χ1v) is 15.3. The molecule has 224 valence electrons. The summed E-state index contributed by atoms with van der Waals surface area (Å²) in [5.74, 6) is 1.42. The SMILES string of the molecule is Cc1cc(Oc2ccccc2)ccc1N1C(=O)Nc2c(C(O)N[C@H]3CCC[C@H](NC(=O)CN(C)C)C3)sc3nccc1c23. The van der Waals surface area contributed by atoms with Crippen LogP contribution >= 0.6 is 11.3 Å². The monoisotopic (exact) mass is 600 g/mol. The van der Waals surface area contributed by atoms with Crippen LogP contribution in [0.5, 0.6) is 11.5 Å². The van der Waals surface area contributed by atoms with Crippen LogP contribution in [0.25, 0.3) is 10.2 Å². The van der Waals surface area contributed by atoms with E-state index in [4.69, 9.17) is 4.74 Å². The Morgan fingerprint density at radius 1 is 1.14 bits per heavy atom. The van der Waals surface area contributed by atoms with Crippen molar-refractivity contribution in [3.63, 3.8) is 0 Å². The highest BCUT2D eigenvalue weighted by Crippen LogP contribution is 2.48. The maximum absolute atomic E-state index is 13.6. The van der Waals surface area contributed by atoms with E-state index in [9.17, 15) is 14.7 Å². The van der Waals surface area contributed by atoms with E-state index in [1.54, 1.807) is 11.1 Å². The second-order valence-corrected chi connectivity index (χ2v) is 12.4. The molecule has 0 saturated heterocycles. The number of likely N-dealkylation sites (N-methyl/N-ethyl adjacent to an activating group) is 1. The number of hydrogen-bond acceptors (Lipinski definition) is 8. The van der Waals surface area contributed by atoms with Crippen molar-refractivity contribution in [2.24, 2.45) is 0 Å². The summed E-state index contributed by atoms with van der Waals surface area (Å²) in [6.45, 7) is 2.29. The van der Waals surface area contributed by atoms with E-state index in [2.05, 4.69) is 20.9 Å². The number of aliphatic hydroxyl groups excluding tert-OH is 1. The van der Waals surface area contributed by atoms with Gasteiger partial charge in [0, 0.05) is 18.3 Å². The Hall–Kier alpha value is -4.03. The molecule has 3 atom stereocenters. The number of amides is 3. The molecule has 0 spiro atoms. The number of carbonyl (C=O) groups excluding carboxylic acids is 2. The van der Waals surface area contributed by atoms with Crippen molar-refractivity contribution in [3.8, 4) is 11.5 Å². The number of para-hydroxylation sites is 1. The molecule has 3 heterocycles. The minimum absolute atomic E-state index is 0.00426. The number of carbonyl (C=O) groups is 2. The predicted octanol–water partition coefficient (Wildman–Crippen LogP) is 5.65. The highest BCUT2D eigenvalue weighted by atomic mass is 32.1. The van der Waals surface area contributed by atoms with Gasteiger partial charge >= 0.3 is 6.03 Å². The predicted molar refractivity (Wildman–Crippen MR) is 169 cm³/mol. The number of thiophene rings is 1. The van der Waals surface area contributed by atoms with Gasteiger partial charge in [-0.05, 0) is 88.7 Å². The van der Waals surface area contributed by atoms with Gasteiger partial charge in [0.15, 0.2) is 0 Å². The molecule has 1 aliphatic heterocycles. The summed E-state index contributed by atoms with van der Waals surface area (Å²) in [6, 6.07) is 16.8. The molecule has 11 heteroatoms. The molecule has 43 heavy (non-hydrogen) atoms. The third-order valence-electron chi connectivity index (χ3n) is 7.80. The second-order valence-electron chi connectivity index (χ2n) is 11.4. The molecular formula is C32H36N6O4S. The number of aromatic nitrogens is 1. The summed E-state index contributed by atoms with van der Waals surface area (Å²) in [6.07, 6.45) is 4.18. The van der Waals surface area contributed by atoms with E-state index in [-0.39, 0.29) is 24.0 Å². The van der Waals surface area contributed by atoms with Crippen molar-refractivity contribution < 1.29 is 19.4 Å². The number of nitrogens with zero attached hydrogens (tertiary/aromatic N) is 3. The van der Waals surface area contributed by atoms with Crippen LogP contribution in [0.2, 0.25) is 0 Å². The largest absolute Gasteiger partial charge is 0.457 e.